The van der Waals surface area contributed by atoms with Gasteiger partial charge in [0, 0.05) is 16.9 Å². The van der Waals surface area contributed by atoms with Crippen molar-refractivity contribution in [2.75, 3.05) is 11.5 Å². The fraction of sp³-hybridized carbons (Fsp3) is 0.500. The minimum atomic E-state index is -3.06. The summed E-state index contributed by atoms with van der Waals surface area (Å²) in [5.74, 6) is 0.314. The van der Waals surface area contributed by atoms with Crippen LogP contribution in [0.1, 0.15) is 0 Å². The fourth-order valence-electron chi connectivity index (χ4n) is 0.330. The summed E-state index contributed by atoms with van der Waals surface area (Å²) in [6.45, 7) is 0. The number of nitrogens with zero attached hydrogens (tertiary/aromatic N) is 2. The van der Waals surface area contributed by atoms with Crippen LogP contribution in [0.5, 0.6) is 0 Å². The SMILES string of the molecule is NC(N)=N/N=C/SCCS(=O)(O)=S. The van der Waals surface area contributed by atoms with E-state index in [-0.39, 0.29) is 11.7 Å². The van der Waals surface area contributed by atoms with Gasteiger partial charge in [0.1, 0.15) is 8.77 Å². The average Bonchev–Trinajstić information content (AvgIpc) is 1.93. The Morgan fingerprint density at radius 2 is 2.31 bits per heavy atom. The molecular formula is C4H10N4O2S3. The van der Waals surface area contributed by atoms with E-state index in [4.69, 9.17) is 16.0 Å². The van der Waals surface area contributed by atoms with E-state index in [1.165, 1.54) is 17.3 Å². The summed E-state index contributed by atoms with van der Waals surface area (Å²) in [5.41, 5.74) is 11.3. The van der Waals surface area contributed by atoms with Gasteiger partial charge in [-0.1, -0.05) is 0 Å². The van der Waals surface area contributed by atoms with Crippen molar-refractivity contribution in [3.63, 3.8) is 0 Å². The van der Waals surface area contributed by atoms with E-state index in [1.54, 1.807) is 0 Å². The minimum absolute atomic E-state index is 0.0425. The molecule has 0 radical (unpaired) electrons. The van der Waals surface area contributed by atoms with E-state index in [0.29, 0.717) is 5.75 Å². The summed E-state index contributed by atoms with van der Waals surface area (Å²) in [6.07, 6.45) is 0. The van der Waals surface area contributed by atoms with Crippen LogP contribution in [0.4, 0.5) is 0 Å². The van der Waals surface area contributed by atoms with Gasteiger partial charge in [0.2, 0.25) is 5.96 Å². The molecule has 0 rings (SSSR count). The molecule has 0 fully saturated rings. The van der Waals surface area contributed by atoms with Crippen LogP contribution in [-0.4, -0.2) is 31.8 Å². The normalized spacial score (nSPS) is 15.5. The number of thioether (sulfide) groups is 1. The molecule has 0 aliphatic heterocycles. The molecule has 0 saturated carbocycles. The molecule has 0 aliphatic rings. The van der Waals surface area contributed by atoms with Gasteiger partial charge in [-0.2, -0.15) is 0 Å². The van der Waals surface area contributed by atoms with Crippen LogP contribution in [0.2, 0.25) is 0 Å². The Labute approximate surface area is 85.4 Å². The maximum atomic E-state index is 10.6. The number of hydrogen-bond acceptors (Lipinski definition) is 5. The van der Waals surface area contributed by atoms with Crippen molar-refractivity contribution in [3.05, 3.63) is 0 Å². The van der Waals surface area contributed by atoms with Gasteiger partial charge >= 0.3 is 0 Å². The van der Waals surface area contributed by atoms with Crippen molar-refractivity contribution in [2.45, 2.75) is 0 Å². The second-order valence-electron chi connectivity index (χ2n) is 1.90. The molecule has 6 nitrogen and oxygen atoms in total. The maximum absolute atomic E-state index is 10.6. The smallest absolute Gasteiger partial charge is 0.211 e. The standard InChI is InChI=1S/C4H10N4O2S3/c5-4(6)8-7-3-12-1-2-13(9,10)11/h3H,1-2H2,(H4,5,6,8)(H,9,10,11)/b7-3+. The van der Waals surface area contributed by atoms with E-state index < -0.39 is 8.77 Å². The number of guanidine groups is 1. The third kappa shape index (κ3) is 11.6. The van der Waals surface area contributed by atoms with E-state index in [0.717, 1.165) is 0 Å². The molecule has 13 heavy (non-hydrogen) atoms. The Morgan fingerprint density at radius 3 is 2.77 bits per heavy atom. The minimum Gasteiger partial charge on any atom is -0.369 e. The van der Waals surface area contributed by atoms with E-state index >= 15 is 0 Å². The highest BCUT2D eigenvalue weighted by Gasteiger charge is 1.97. The van der Waals surface area contributed by atoms with Crippen LogP contribution in [0.25, 0.3) is 0 Å². The van der Waals surface area contributed by atoms with Crippen LogP contribution in [0.3, 0.4) is 0 Å². The van der Waals surface area contributed by atoms with Crippen LogP contribution >= 0.6 is 11.8 Å². The van der Waals surface area contributed by atoms with Crippen molar-refractivity contribution in [1.82, 2.24) is 0 Å². The summed E-state index contributed by atoms with van der Waals surface area (Å²) >= 11 is 5.47. The highest BCUT2D eigenvalue weighted by molar-refractivity contribution is 8.30. The van der Waals surface area contributed by atoms with Crippen LogP contribution < -0.4 is 11.5 Å². The Kier molecular flexibility index (Phi) is 5.95. The highest BCUT2D eigenvalue weighted by Crippen LogP contribution is 1.97. The zero-order chi connectivity index (χ0) is 10.3. The van der Waals surface area contributed by atoms with Gasteiger partial charge in [-0.15, -0.1) is 22.0 Å². The molecule has 0 aromatic carbocycles. The Hall–Kier alpha value is -0.380. The zero-order valence-electron chi connectivity index (χ0n) is 6.62. The predicted molar refractivity (Wildman–Crippen MR) is 59.8 cm³/mol. The summed E-state index contributed by atoms with van der Waals surface area (Å²) in [7, 11) is -3.06. The Morgan fingerprint density at radius 1 is 1.69 bits per heavy atom. The van der Waals surface area contributed by atoms with Crippen molar-refractivity contribution < 1.29 is 8.76 Å². The molecule has 1 unspecified atom stereocenters. The second kappa shape index (κ2) is 6.13. The first-order valence-electron chi connectivity index (χ1n) is 3.09. The zero-order valence-corrected chi connectivity index (χ0v) is 9.07. The molecule has 0 bridgehead atoms. The molecular weight excluding hydrogens is 232 g/mol. The number of nitrogens with two attached hydrogens (primary N) is 2. The topological polar surface area (TPSA) is 114 Å². The molecule has 9 heteroatoms. The maximum Gasteiger partial charge on any atom is 0.211 e. The lowest BCUT2D eigenvalue weighted by atomic mass is 11.0. The molecule has 0 heterocycles. The second-order valence-corrected chi connectivity index (χ2v) is 5.99. The van der Waals surface area contributed by atoms with Crippen LogP contribution in [0.15, 0.2) is 10.2 Å². The first-order valence-corrected chi connectivity index (χ1v) is 6.75. The third-order valence-electron chi connectivity index (χ3n) is 0.754. The van der Waals surface area contributed by atoms with Gasteiger partial charge in [-0.25, -0.2) is 4.21 Å². The van der Waals surface area contributed by atoms with E-state index in [1.807, 2.05) is 0 Å². The summed E-state index contributed by atoms with van der Waals surface area (Å²) in [5, 5.41) is 6.78. The number of rotatable bonds is 5. The lowest BCUT2D eigenvalue weighted by molar-refractivity contribution is 0.563. The van der Waals surface area contributed by atoms with Gasteiger partial charge in [0.05, 0.1) is 11.3 Å². The Balaban J connectivity index is 3.58. The molecule has 0 aliphatic carbocycles. The van der Waals surface area contributed by atoms with Gasteiger partial charge in [0.25, 0.3) is 0 Å². The van der Waals surface area contributed by atoms with Crippen molar-refractivity contribution >= 4 is 43.2 Å². The third-order valence-corrected chi connectivity index (χ3v) is 2.92. The molecule has 5 N–H and O–H groups in total. The summed E-state index contributed by atoms with van der Waals surface area (Å²) in [4.78, 5) is 0. The van der Waals surface area contributed by atoms with Crippen LogP contribution in [-0.2, 0) is 20.0 Å². The predicted octanol–water partition coefficient (Wildman–Crippen LogP) is -0.844. The average molecular weight is 242 g/mol. The van der Waals surface area contributed by atoms with Gasteiger partial charge in [-0.3, -0.25) is 0 Å². The quantitative estimate of drug-likeness (QED) is 0.250. The van der Waals surface area contributed by atoms with Crippen molar-refractivity contribution in [3.8, 4) is 0 Å². The van der Waals surface area contributed by atoms with Crippen LogP contribution in [0, 0.1) is 0 Å². The summed E-state index contributed by atoms with van der Waals surface area (Å²) in [6, 6.07) is 0. The lowest BCUT2D eigenvalue weighted by Gasteiger charge is -1.94. The Bertz CT molecular complexity index is 293. The molecule has 0 aromatic rings. The molecule has 0 spiro atoms. The molecule has 0 amide bonds. The fourth-order valence-corrected chi connectivity index (χ4v) is 2.39. The highest BCUT2D eigenvalue weighted by atomic mass is 32.8. The van der Waals surface area contributed by atoms with Gasteiger partial charge in [-0.05, 0) is 0 Å². The molecule has 76 valence electrons. The van der Waals surface area contributed by atoms with E-state index in [9.17, 15) is 4.21 Å². The first-order chi connectivity index (χ1) is 5.92. The molecule has 0 saturated heterocycles. The van der Waals surface area contributed by atoms with E-state index in [2.05, 4.69) is 21.4 Å². The largest absolute Gasteiger partial charge is 0.369 e. The number of hydrogen-bond donors (Lipinski definition) is 3. The first kappa shape index (κ1) is 12.6. The monoisotopic (exact) mass is 242 g/mol. The molecule has 1 atom stereocenters. The van der Waals surface area contributed by atoms with Crippen molar-refractivity contribution in [2.24, 2.45) is 21.7 Å². The summed E-state index contributed by atoms with van der Waals surface area (Å²) < 4.78 is 19.3. The van der Waals surface area contributed by atoms with Gasteiger partial charge < -0.3 is 16.0 Å². The van der Waals surface area contributed by atoms with Crippen molar-refractivity contribution in [1.29, 1.82) is 0 Å². The molecule has 0 aromatic heterocycles. The van der Waals surface area contributed by atoms with Gasteiger partial charge in [0.15, 0.2) is 0 Å². The lowest BCUT2D eigenvalue weighted by Crippen LogP contribution is -2.21.